The summed E-state index contributed by atoms with van der Waals surface area (Å²) in [4.78, 5) is 2.31. The van der Waals surface area contributed by atoms with E-state index < -0.39 is 5.41 Å². The molecule has 0 fully saturated rings. The maximum atomic E-state index is 4.55. The second-order valence-electron chi connectivity index (χ2n) is 15.8. The maximum Gasteiger partial charge on any atom is 0.0714 e. The number of fused-ring (bicyclic) bond motifs is 9. The number of nitrogens with zero attached hydrogens (tertiary/aromatic N) is 2. The second kappa shape index (κ2) is 15.2. The van der Waals surface area contributed by atoms with Crippen LogP contribution >= 0.6 is 0 Å². The van der Waals surface area contributed by atoms with Crippen LogP contribution in [0.15, 0.2) is 212 Å². The lowest BCUT2D eigenvalue weighted by atomic mass is 9.67. The Morgan fingerprint density at radius 2 is 1.30 bits per heavy atom. The number of benzene rings is 6. The Hall–Kier alpha value is -7.16. The van der Waals surface area contributed by atoms with Gasteiger partial charge in [0.15, 0.2) is 0 Å². The zero-order chi connectivity index (χ0) is 40.8. The van der Waals surface area contributed by atoms with Gasteiger partial charge in [0.25, 0.3) is 0 Å². The molecule has 4 aliphatic rings. The Balaban J connectivity index is 0.00000213. The number of rotatable bonds is 4. The summed E-state index contributed by atoms with van der Waals surface area (Å²) >= 11 is 0. The number of aromatic nitrogens is 1. The van der Waals surface area contributed by atoms with Crippen LogP contribution < -0.4 is 15.5 Å². The van der Waals surface area contributed by atoms with Crippen LogP contribution in [0.1, 0.15) is 60.1 Å². The van der Waals surface area contributed by atoms with Crippen LogP contribution in [0.4, 0.5) is 5.69 Å². The second-order valence-corrected chi connectivity index (χ2v) is 15.8. The van der Waals surface area contributed by atoms with Crippen molar-refractivity contribution in [2.45, 2.75) is 38.5 Å². The Labute approximate surface area is 353 Å². The molecule has 0 spiro atoms. The van der Waals surface area contributed by atoms with Crippen molar-refractivity contribution in [2.24, 2.45) is 0 Å². The molecular weight excluding hydrogens is 725 g/mol. The number of hydrogen-bond donors (Lipinski definition) is 0. The highest BCUT2D eigenvalue weighted by Gasteiger charge is 2.46. The molecule has 2 heterocycles. The summed E-state index contributed by atoms with van der Waals surface area (Å²) in [5, 5.41) is 3.45. The summed E-state index contributed by atoms with van der Waals surface area (Å²) in [5.74, 6) is 0. The highest BCUT2D eigenvalue weighted by Crippen LogP contribution is 2.56. The van der Waals surface area contributed by atoms with Gasteiger partial charge >= 0.3 is 0 Å². The predicted molar refractivity (Wildman–Crippen MR) is 255 cm³/mol. The molecule has 3 aliphatic carbocycles. The van der Waals surface area contributed by atoms with Gasteiger partial charge in [-0.05, 0) is 117 Å². The highest BCUT2D eigenvalue weighted by atomic mass is 15.1. The Morgan fingerprint density at radius 1 is 0.617 bits per heavy atom. The lowest BCUT2D eigenvalue weighted by Gasteiger charge is -2.34. The maximum absolute atomic E-state index is 4.55. The van der Waals surface area contributed by atoms with Crippen LogP contribution in [0.3, 0.4) is 0 Å². The van der Waals surface area contributed by atoms with Crippen LogP contribution in [-0.4, -0.2) is 4.57 Å². The van der Waals surface area contributed by atoms with Crippen molar-refractivity contribution >= 4 is 34.4 Å². The topological polar surface area (TPSA) is 8.17 Å². The first kappa shape index (κ1) is 37.1. The van der Waals surface area contributed by atoms with E-state index in [1.807, 2.05) is 13.8 Å². The first-order valence-corrected chi connectivity index (χ1v) is 21.3. The molecule has 0 N–H and O–H groups in total. The van der Waals surface area contributed by atoms with Crippen LogP contribution in [0.5, 0.6) is 0 Å². The fraction of sp³-hybridized carbons (Fsp3) is 0.103. The summed E-state index contributed by atoms with van der Waals surface area (Å²) in [5.41, 5.74) is 18.1. The van der Waals surface area contributed by atoms with Crippen LogP contribution in [0.2, 0.25) is 0 Å². The quantitative estimate of drug-likeness (QED) is 0.173. The molecule has 0 bridgehead atoms. The van der Waals surface area contributed by atoms with E-state index >= 15 is 0 Å². The van der Waals surface area contributed by atoms with Crippen molar-refractivity contribution in [3.63, 3.8) is 0 Å². The molecule has 1 aromatic heterocycles. The predicted octanol–water partition coefficient (Wildman–Crippen LogP) is 12.9. The standard InChI is InChI=1S/C56H42N2.C2H6/c1-38-18-16-17-33-57(45-30-32-48-47-27-14-15-28-51(47)56(52(48)36-45,42-20-6-3-7-21-42)43-22-8-4-9-23-43)37-53-50(34-39(38)2)49-31-29-41-35-40-19-12-13-26-46(40)54(41)55(49)58(53)44-24-10-5-11-25-44;1-2/h3-12,14-25,27-34,36-37H,1-2,13,26,35H2;1-2H3/b18-16-,33-17-,50-34-,53-37+;. The molecule has 7 aromatic rings. The molecule has 2 heteroatoms. The molecule has 290 valence electrons. The van der Waals surface area contributed by atoms with Crippen molar-refractivity contribution in [2.75, 3.05) is 4.90 Å². The zero-order valence-corrected chi connectivity index (χ0v) is 34.4. The lowest BCUT2D eigenvalue weighted by Crippen LogP contribution is -2.32. The molecular formula is C58H48N2. The molecule has 6 aromatic carbocycles. The van der Waals surface area contributed by atoms with Crippen molar-refractivity contribution in [3.05, 3.63) is 256 Å². The van der Waals surface area contributed by atoms with E-state index in [2.05, 4.69) is 217 Å². The van der Waals surface area contributed by atoms with Gasteiger partial charge in [0.05, 0.1) is 16.3 Å². The molecule has 60 heavy (non-hydrogen) atoms. The van der Waals surface area contributed by atoms with E-state index in [0.29, 0.717) is 0 Å². The van der Waals surface area contributed by atoms with E-state index in [1.165, 1.54) is 66.6 Å². The molecule has 0 saturated heterocycles. The molecule has 0 amide bonds. The molecule has 11 rings (SSSR count). The largest absolute Gasteiger partial charge is 0.322 e. The average Bonchev–Trinajstić information content (AvgIpc) is 3.94. The van der Waals surface area contributed by atoms with Gasteiger partial charge in [-0.15, -0.1) is 0 Å². The third-order valence-corrected chi connectivity index (χ3v) is 12.6. The minimum absolute atomic E-state index is 0.504. The fourth-order valence-electron chi connectivity index (χ4n) is 10.1. The molecule has 0 radical (unpaired) electrons. The van der Waals surface area contributed by atoms with Gasteiger partial charge in [0.1, 0.15) is 0 Å². The molecule has 0 saturated carbocycles. The molecule has 1 aliphatic heterocycles. The fourth-order valence-corrected chi connectivity index (χ4v) is 10.1. The summed E-state index contributed by atoms with van der Waals surface area (Å²) in [6.07, 6.45) is 20.8. The van der Waals surface area contributed by atoms with Crippen LogP contribution in [0, 0.1) is 0 Å². The molecule has 2 nitrogen and oxygen atoms in total. The third kappa shape index (κ3) is 5.78. The zero-order valence-electron chi connectivity index (χ0n) is 34.4. The summed E-state index contributed by atoms with van der Waals surface area (Å²) < 4.78 is 2.50. The van der Waals surface area contributed by atoms with Gasteiger partial charge < -0.3 is 9.47 Å². The van der Waals surface area contributed by atoms with E-state index in [1.54, 1.807) is 0 Å². The summed E-state index contributed by atoms with van der Waals surface area (Å²) in [6.45, 7) is 13.0. The van der Waals surface area contributed by atoms with Gasteiger partial charge in [0, 0.05) is 39.9 Å². The van der Waals surface area contributed by atoms with Crippen molar-refractivity contribution in [3.8, 4) is 16.8 Å². The number of anilines is 1. The van der Waals surface area contributed by atoms with Gasteiger partial charge in [-0.2, -0.15) is 0 Å². The Bertz CT molecular complexity index is 3060. The normalized spacial score (nSPS) is 18.0. The molecule has 0 unspecified atom stereocenters. The van der Waals surface area contributed by atoms with Gasteiger partial charge in [0.2, 0.25) is 0 Å². The average molecular weight is 773 g/mol. The minimum Gasteiger partial charge on any atom is -0.322 e. The number of para-hydroxylation sites is 1. The number of hydrogen-bond acceptors (Lipinski definition) is 1. The highest BCUT2D eigenvalue weighted by molar-refractivity contribution is 5.99. The molecule has 0 atom stereocenters. The SMILES string of the molecule is C=C1/C=C\C=C/N(c2ccc3c(c2)C(c2ccccc2)(c2ccccc2)c2ccccc2-3)/C=c2\c(c3ccc4c(c3n2-c2ccccc2)C2=C(C=CCC2)C4)=C/C1=C.CC. The van der Waals surface area contributed by atoms with Gasteiger partial charge in [-0.3, -0.25) is 0 Å². The Morgan fingerprint density at radius 3 is 2.05 bits per heavy atom. The van der Waals surface area contributed by atoms with E-state index in [-0.39, 0.29) is 0 Å². The van der Waals surface area contributed by atoms with Gasteiger partial charge in [-0.25, -0.2) is 0 Å². The van der Waals surface area contributed by atoms with Crippen LogP contribution in [0.25, 0.3) is 45.6 Å². The van der Waals surface area contributed by atoms with E-state index in [4.69, 9.17) is 0 Å². The van der Waals surface area contributed by atoms with Crippen molar-refractivity contribution < 1.29 is 0 Å². The van der Waals surface area contributed by atoms with Gasteiger partial charge in [-0.1, -0.05) is 173 Å². The monoisotopic (exact) mass is 772 g/mol. The Kier molecular flexibility index (Phi) is 9.42. The van der Waals surface area contributed by atoms with E-state index in [9.17, 15) is 0 Å². The number of allylic oxidation sites excluding steroid dienone is 9. The summed E-state index contributed by atoms with van der Waals surface area (Å²) in [7, 11) is 0. The lowest BCUT2D eigenvalue weighted by molar-refractivity contribution is 0.768. The first-order valence-electron chi connectivity index (χ1n) is 21.3. The summed E-state index contributed by atoms with van der Waals surface area (Å²) in [6, 6.07) is 53.6. The first-order chi connectivity index (χ1) is 29.6. The van der Waals surface area contributed by atoms with Crippen LogP contribution in [-0.2, 0) is 11.8 Å². The van der Waals surface area contributed by atoms with E-state index in [0.717, 1.165) is 52.4 Å². The van der Waals surface area contributed by atoms with Crippen molar-refractivity contribution in [1.82, 2.24) is 4.57 Å². The smallest absolute Gasteiger partial charge is 0.0714 e. The van der Waals surface area contributed by atoms with Crippen molar-refractivity contribution in [1.29, 1.82) is 0 Å². The minimum atomic E-state index is -0.504. The third-order valence-electron chi connectivity index (χ3n) is 12.6.